The third kappa shape index (κ3) is 3.63. The van der Waals surface area contributed by atoms with E-state index in [1.165, 1.54) is 5.56 Å². The average Bonchev–Trinajstić information content (AvgIpc) is 3.02. The maximum atomic E-state index is 11.1. The lowest BCUT2D eigenvalue weighted by molar-refractivity contribution is 0.1000. The molecule has 2 aromatic carbocycles. The summed E-state index contributed by atoms with van der Waals surface area (Å²) in [7, 11) is 0. The van der Waals surface area contributed by atoms with Gasteiger partial charge in [0, 0.05) is 18.7 Å². The van der Waals surface area contributed by atoms with Gasteiger partial charge in [0.2, 0.25) is 12.7 Å². The van der Waals surface area contributed by atoms with Crippen molar-refractivity contribution in [3.8, 4) is 11.5 Å². The van der Waals surface area contributed by atoms with Crippen LogP contribution in [0.3, 0.4) is 0 Å². The van der Waals surface area contributed by atoms with Crippen LogP contribution in [0.2, 0.25) is 0 Å². The highest BCUT2D eigenvalue weighted by Crippen LogP contribution is 2.32. The first-order chi connectivity index (χ1) is 11.2. The van der Waals surface area contributed by atoms with Crippen molar-refractivity contribution in [1.29, 1.82) is 0 Å². The van der Waals surface area contributed by atoms with Gasteiger partial charge < -0.3 is 15.2 Å². The van der Waals surface area contributed by atoms with Crippen LogP contribution >= 0.6 is 0 Å². The number of carbonyl (C=O) groups is 1. The fraction of sp³-hybridized carbons (Fsp3) is 0.278. The van der Waals surface area contributed by atoms with Crippen LogP contribution in [0.15, 0.2) is 42.5 Å². The summed E-state index contributed by atoms with van der Waals surface area (Å²) >= 11 is 0. The van der Waals surface area contributed by atoms with Gasteiger partial charge in [-0.25, -0.2) is 0 Å². The topological polar surface area (TPSA) is 64.8 Å². The van der Waals surface area contributed by atoms with Crippen molar-refractivity contribution in [2.45, 2.75) is 20.0 Å². The normalized spacial score (nSPS) is 12.6. The molecule has 0 unspecified atom stereocenters. The number of hydrogen-bond acceptors (Lipinski definition) is 4. The van der Waals surface area contributed by atoms with Gasteiger partial charge in [0.25, 0.3) is 0 Å². The van der Waals surface area contributed by atoms with Gasteiger partial charge in [0.15, 0.2) is 11.5 Å². The van der Waals surface area contributed by atoms with Gasteiger partial charge in [-0.15, -0.1) is 0 Å². The minimum Gasteiger partial charge on any atom is -0.454 e. The zero-order chi connectivity index (χ0) is 16.2. The van der Waals surface area contributed by atoms with Gasteiger partial charge in [0.05, 0.1) is 0 Å². The van der Waals surface area contributed by atoms with Crippen LogP contribution in [-0.4, -0.2) is 24.1 Å². The third-order valence-corrected chi connectivity index (χ3v) is 3.94. The van der Waals surface area contributed by atoms with Crippen molar-refractivity contribution < 1.29 is 14.3 Å². The molecule has 0 saturated carbocycles. The average molecular weight is 312 g/mol. The van der Waals surface area contributed by atoms with Crippen LogP contribution < -0.4 is 15.2 Å². The van der Waals surface area contributed by atoms with Gasteiger partial charge in [0.1, 0.15) is 0 Å². The first kappa shape index (κ1) is 15.4. The molecule has 0 aliphatic carbocycles. The molecule has 3 rings (SSSR count). The number of carbonyl (C=O) groups excluding carboxylic acids is 1. The predicted octanol–water partition coefficient (Wildman–Crippen LogP) is 2.54. The second-order valence-corrected chi connectivity index (χ2v) is 5.55. The molecular formula is C18H20N2O3. The molecule has 0 atom stereocenters. The number of nitrogens with zero attached hydrogens (tertiary/aromatic N) is 1. The van der Waals surface area contributed by atoms with Crippen LogP contribution in [0, 0.1) is 0 Å². The molecule has 2 aromatic rings. The van der Waals surface area contributed by atoms with Gasteiger partial charge >= 0.3 is 0 Å². The zero-order valence-electron chi connectivity index (χ0n) is 13.1. The van der Waals surface area contributed by atoms with E-state index in [0.29, 0.717) is 12.4 Å². The highest BCUT2D eigenvalue weighted by Gasteiger charge is 2.14. The number of benzene rings is 2. The van der Waals surface area contributed by atoms with E-state index in [2.05, 4.69) is 17.9 Å². The molecule has 0 saturated heterocycles. The molecule has 1 amide bonds. The lowest BCUT2D eigenvalue weighted by Crippen LogP contribution is -2.22. The van der Waals surface area contributed by atoms with Gasteiger partial charge in [-0.3, -0.25) is 9.69 Å². The molecule has 0 bridgehead atoms. The molecule has 1 heterocycles. The number of ether oxygens (including phenoxy) is 2. The predicted molar refractivity (Wildman–Crippen MR) is 87.3 cm³/mol. The molecule has 23 heavy (non-hydrogen) atoms. The second kappa shape index (κ2) is 6.71. The molecule has 5 nitrogen and oxygen atoms in total. The number of hydrogen-bond donors (Lipinski definition) is 1. The van der Waals surface area contributed by atoms with Crippen molar-refractivity contribution in [2.24, 2.45) is 5.73 Å². The molecule has 1 aliphatic rings. The lowest BCUT2D eigenvalue weighted by Gasteiger charge is -2.21. The number of rotatable bonds is 6. The summed E-state index contributed by atoms with van der Waals surface area (Å²) in [4.78, 5) is 13.4. The summed E-state index contributed by atoms with van der Waals surface area (Å²) in [5.41, 5.74) is 8.14. The zero-order valence-corrected chi connectivity index (χ0v) is 13.1. The van der Waals surface area contributed by atoms with Crippen molar-refractivity contribution in [2.75, 3.05) is 13.3 Å². The number of fused-ring (bicyclic) bond motifs is 1. The summed E-state index contributed by atoms with van der Waals surface area (Å²) in [6, 6.07) is 13.5. The number of primary amides is 1. The Hall–Kier alpha value is -2.53. The summed E-state index contributed by atoms with van der Waals surface area (Å²) < 4.78 is 10.8. The van der Waals surface area contributed by atoms with Crippen LogP contribution in [0.4, 0.5) is 0 Å². The van der Waals surface area contributed by atoms with Crippen LogP contribution in [0.25, 0.3) is 0 Å². The summed E-state index contributed by atoms with van der Waals surface area (Å²) in [5.74, 6) is 1.22. The van der Waals surface area contributed by atoms with Crippen molar-refractivity contribution >= 4 is 5.91 Å². The molecule has 0 aromatic heterocycles. The molecule has 120 valence electrons. The summed E-state index contributed by atoms with van der Waals surface area (Å²) in [6.45, 7) is 4.98. The Morgan fingerprint density at radius 3 is 2.39 bits per heavy atom. The van der Waals surface area contributed by atoms with E-state index in [9.17, 15) is 4.79 Å². The Labute approximate surface area is 135 Å². The van der Waals surface area contributed by atoms with Crippen LogP contribution in [0.1, 0.15) is 28.4 Å². The Morgan fingerprint density at radius 2 is 1.70 bits per heavy atom. The van der Waals surface area contributed by atoms with E-state index >= 15 is 0 Å². The fourth-order valence-electron chi connectivity index (χ4n) is 2.61. The van der Waals surface area contributed by atoms with E-state index in [4.69, 9.17) is 15.2 Å². The van der Waals surface area contributed by atoms with E-state index < -0.39 is 5.91 Å². The third-order valence-electron chi connectivity index (χ3n) is 3.94. The van der Waals surface area contributed by atoms with Gasteiger partial charge in [-0.2, -0.15) is 0 Å². The fourth-order valence-corrected chi connectivity index (χ4v) is 2.61. The molecule has 5 heteroatoms. The Kier molecular flexibility index (Phi) is 4.48. The highest BCUT2D eigenvalue weighted by atomic mass is 16.7. The minimum absolute atomic E-state index is 0.294. The maximum absolute atomic E-state index is 11.1. The van der Waals surface area contributed by atoms with Crippen LogP contribution in [0.5, 0.6) is 11.5 Å². The summed E-state index contributed by atoms with van der Waals surface area (Å²) in [6.07, 6.45) is 0. The largest absolute Gasteiger partial charge is 0.454 e. The molecule has 1 aliphatic heterocycles. The summed E-state index contributed by atoms with van der Waals surface area (Å²) in [5, 5.41) is 0. The monoisotopic (exact) mass is 312 g/mol. The minimum atomic E-state index is -0.399. The quantitative estimate of drug-likeness (QED) is 0.890. The molecule has 2 N–H and O–H groups in total. The molecule has 0 radical (unpaired) electrons. The first-order valence-electron chi connectivity index (χ1n) is 7.65. The van der Waals surface area contributed by atoms with Crippen molar-refractivity contribution in [1.82, 2.24) is 4.90 Å². The number of amides is 1. The smallest absolute Gasteiger partial charge is 0.248 e. The Morgan fingerprint density at radius 1 is 1.04 bits per heavy atom. The highest BCUT2D eigenvalue weighted by molar-refractivity contribution is 5.92. The van der Waals surface area contributed by atoms with Gasteiger partial charge in [-0.1, -0.05) is 25.1 Å². The Bertz CT molecular complexity index is 698. The van der Waals surface area contributed by atoms with E-state index in [-0.39, 0.29) is 0 Å². The van der Waals surface area contributed by atoms with E-state index in [1.54, 1.807) is 12.1 Å². The lowest BCUT2D eigenvalue weighted by atomic mass is 10.1. The van der Waals surface area contributed by atoms with E-state index in [1.807, 2.05) is 24.3 Å². The Balaban J connectivity index is 1.66. The SMILES string of the molecule is CCN(Cc1ccc(C(N)=O)cc1)Cc1ccc2c(c1)OCO2. The van der Waals surface area contributed by atoms with Gasteiger partial charge in [-0.05, 0) is 41.9 Å². The van der Waals surface area contributed by atoms with Crippen molar-refractivity contribution in [3.05, 3.63) is 59.2 Å². The molecule has 0 spiro atoms. The second-order valence-electron chi connectivity index (χ2n) is 5.55. The first-order valence-corrected chi connectivity index (χ1v) is 7.65. The standard InChI is InChI=1S/C18H20N2O3/c1-2-20(10-13-3-6-15(7-4-13)18(19)21)11-14-5-8-16-17(9-14)23-12-22-16/h3-9H,2,10-12H2,1H3,(H2,19,21). The van der Waals surface area contributed by atoms with Crippen molar-refractivity contribution in [3.63, 3.8) is 0 Å². The maximum Gasteiger partial charge on any atom is 0.248 e. The molecule has 0 fully saturated rings. The molecular weight excluding hydrogens is 292 g/mol. The van der Waals surface area contributed by atoms with E-state index in [0.717, 1.165) is 36.7 Å². The van der Waals surface area contributed by atoms with Crippen LogP contribution in [-0.2, 0) is 13.1 Å². The number of nitrogens with two attached hydrogens (primary N) is 1.